The second kappa shape index (κ2) is 12.3. The van der Waals surface area contributed by atoms with Gasteiger partial charge in [-0.3, -0.25) is 9.69 Å². The van der Waals surface area contributed by atoms with E-state index in [1.54, 1.807) is 36.4 Å². The summed E-state index contributed by atoms with van der Waals surface area (Å²) >= 11 is 0. The van der Waals surface area contributed by atoms with Gasteiger partial charge in [0.05, 0.1) is 23.3 Å². The van der Waals surface area contributed by atoms with Crippen LogP contribution in [0.25, 0.3) is 10.9 Å². The van der Waals surface area contributed by atoms with E-state index in [1.165, 1.54) is 6.07 Å². The Bertz CT molecular complexity index is 1720. The van der Waals surface area contributed by atoms with Crippen molar-refractivity contribution in [2.45, 2.75) is 51.0 Å². The van der Waals surface area contributed by atoms with Crippen LogP contribution in [0.1, 0.15) is 68.4 Å². The first-order valence-corrected chi connectivity index (χ1v) is 14.4. The summed E-state index contributed by atoms with van der Waals surface area (Å²) < 4.78 is 27.8. The molecule has 2 aliphatic rings. The number of aromatic nitrogens is 2. The molecule has 2 aromatic carbocycles. The number of hydrogen-bond acceptors (Lipinski definition) is 7. The third-order valence-electron chi connectivity index (χ3n) is 8.44. The predicted octanol–water partition coefficient (Wildman–Crippen LogP) is 5.31. The van der Waals surface area contributed by atoms with Crippen LogP contribution in [0.15, 0.2) is 54.6 Å². The Kier molecular flexibility index (Phi) is 8.18. The number of nitriles is 1. The number of fused-ring (bicyclic) bond motifs is 1. The molecule has 0 bridgehead atoms. The maximum Gasteiger partial charge on any atom is 0.335 e. The quantitative estimate of drug-likeness (QED) is 0.250. The molecule has 0 aliphatic carbocycles. The molecule has 1 atom stereocenters. The van der Waals surface area contributed by atoms with Crippen LogP contribution in [0.3, 0.4) is 0 Å². The Balaban J connectivity index is 1.15. The first kappa shape index (κ1) is 28.5. The lowest BCUT2D eigenvalue weighted by atomic mass is 9.93. The molecule has 4 heterocycles. The molecular formula is C33H31FN4O5. The van der Waals surface area contributed by atoms with Crippen LogP contribution in [-0.4, -0.2) is 57.6 Å². The molecule has 9 nitrogen and oxygen atoms in total. The van der Waals surface area contributed by atoms with Crippen molar-refractivity contribution in [2.75, 3.05) is 19.7 Å². The molecule has 2 fully saturated rings. The average Bonchev–Trinajstić information content (AvgIpc) is 3.29. The van der Waals surface area contributed by atoms with Crippen LogP contribution in [0.4, 0.5) is 4.39 Å². The van der Waals surface area contributed by atoms with Crippen molar-refractivity contribution in [1.29, 1.82) is 5.26 Å². The summed E-state index contributed by atoms with van der Waals surface area (Å²) in [7, 11) is 0. The Morgan fingerprint density at radius 1 is 1.16 bits per heavy atom. The van der Waals surface area contributed by atoms with Crippen molar-refractivity contribution < 1.29 is 28.6 Å². The SMILES string of the molecule is N#Cc1ccc(COc2cccc(C3CCN(Cc4c(C=O)c5ccc(C(=O)O)cc5n4C[C@@H]4CCO4)CC3)n2)c(F)c1. The standard InChI is InChI=1S/C33H31FN4O5/c34-28-14-21(16-35)4-5-24(28)20-43-32-3-1-2-29(36-32)22-8-11-37(12-9-22)18-31-27(19-39)26-7-6-23(33(40)41)15-30(26)38(31)17-25-10-13-42-25/h1-7,14-15,19,22,25H,8-13,17-18,20H2,(H,40,41)/t25-/m0/s1. The van der Waals surface area contributed by atoms with Crippen molar-refractivity contribution in [3.05, 3.63) is 94.1 Å². The monoisotopic (exact) mass is 582 g/mol. The van der Waals surface area contributed by atoms with Crippen molar-refractivity contribution in [1.82, 2.24) is 14.5 Å². The van der Waals surface area contributed by atoms with Gasteiger partial charge in [0.2, 0.25) is 5.88 Å². The van der Waals surface area contributed by atoms with Crippen LogP contribution in [0.2, 0.25) is 0 Å². The first-order chi connectivity index (χ1) is 20.9. The molecule has 43 heavy (non-hydrogen) atoms. The van der Waals surface area contributed by atoms with Gasteiger partial charge in [0.15, 0.2) is 6.29 Å². The van der Waals surface area contributed by atoms with Gasteiger partial charge in [-0.15, -0.1) is 0 Å². The number of likely N-dealkylation sites (tertiary alicyclic amines) is 1. The van der Waals surface area contributed by atoms with Crippen LogP contribution in [0.5, 0.6) is 5.88 Å². The molecule has 0 saturated carbocycles. The van der Waals surface area contributed by atoms with Gasteiger partial charge in [0.25, 0.3) is 0 Å². The maximum absolute atomic E-state index is 14.3. The van der Waals surface area contributed by atoms with Gasteiger partial charge in [0, 0.05) is 65.1 Å². The zero-order valence-electron chi connectivity index (χ0n) is 23.5. The van der Waals surface area contributed by atoms with Crippen LogP contribution in [-0.2, 0) is 24.4 Å². The molecule has 0 spiro atoms. The molecule has 2 aliphatic heterocycles. The minimum Gasteiger partial charge on any atom is -0.478 e. The molecular weight excluding hydrogens is 551 g/mol. The molecule has 4 aromatic rings. The smallest absolute Gasteiger partial charge is 0.335 e. The highest BCUT2D eigenvalue weighted by Gasteiger charge is 2.28. The van der Waals surface area contributed by atoms with E-state index in [9.17, 15) is 19.1 Å². The molecule has 1 N–H and O–H groups in total. The van der Waals surface area contributed by atoms with E-state index in [-0.39, 0.29) is 29.8 Å². The number of carboxylic acids is 1. The van der Waals surface area contributed by atoms with E-state index in [1.807, 2.05) is 18.2 Å². The van der Waals surface area contributed by atoms with E-state index in [0.717, 1.165) is 60.9 Å². The van der Waals surface area contributed by atoms with Crippen LogP contribution in [0, 0.1) is 17.1 Å². The molecule has 2 aromatic heterocycles. The third-order valence-corrected chi connectivity index (χ3v) is 8.44. The number of ether oxygens (including phenoxy) is 2. The van der Waals surface area contributed by atoms with E-state index in [0.29, 0.717) is 36.7 Å². The summed E-state index contributed by atoms with van der Waals surface area (Å²) in [6.07, 6.45) is 3.58. The third kappa shape index (κ3) is 6.00. The van der Waals surface area contributed by atoms with Crippen molar-refractivity contribution in [3.8, 4) is 11.9 Å². The largest absolute Gasteiger partial charge is 0.478 e. The zero-order valence-corrected chi connectivity index (χ0v) is 23.5. The van der Waals surface area contributed by atoms with Gasteiger partial charge in [-0.25, -0.2) is 14.2 Å². The summed E-state index contributed by atoms with van der Waals surface area (Å²) in [6, 6.07) is 16.8. The number of rotatable bonds is 10. The number of hydrogen-bond donors (Lipinski definition) is 1. The molecule has 0 radical (unpaired) electrons. The molecule has 10 heteroatoms. The highest BCUT2D eigenvalue weighted by Crippen LogP contribution is 2.32. The molecule has 0 amide bonds. The average molecular weight is 583 g/mol. The van der Waals surface area contributed by atoms with Gasteiger partial charge in [-0.05, 0) is 62.7 Å². The van der Waals surface area contributed by atoms with Gasteiger partial charge in [0.1, 0.15) is 12.4 Å². The van der Waals surface area contributed by atoms with Gasteiger partial charge >= 0.3 is 5.97 Å². The highest BCUT2D eigenvalue weighted by molar-refractivity contribution is 6.02. The van der Waals surface area contributed by atoms with Crippen molar-refractivity contribution >= 4 is 23.2 Å². The number of aromatic carboxylic acids is 1. The van der Waals surface area contributed by atoms with E-state index >= 15 is 0 Å². The number of carbonyl (C=O) groups excluding carboxylic acids is 1. The number of benzene rings is 2. The lowest BCUT2D eigenvalue weighted by Gasteiger charge is -2.33. The number of piperidine rings is 1. The van der Waals surface area contributed by atoms with Gasteiger partial charge < -0.3 is 19.1 Å². The zero-order chi connectivity index (χ0) is 29.9. The fraction of sp³-hybridized carbons (Fsp3) is 0.333. The molecule has 220 valence electrons. The second-order valence-electron chi connectivity index (χ2n) is 11.1. The van der Waals surface area contributed by atoms with E-state index in [4.69, 9.17) is 19.7 Å². The molecule has 0 unspecified atom stereocenters. The number of carboxylic acid groups (broad SMARTS) is 1. The molecule has 6 rings (SSSR count). The Hall–Kier alpha value is -4.59. The summed E-state index contributed by atoms with van der Waals surface area (Å²) in [6.45, 7) is 3.46. The van der Waals surface area contributed by atoms with Crippen molar-refractivity contribution in [3.63, 3.8) is 0 Å². The maximum atomic E-state index is 14.3. The Morgan fingerprint density at radius 3 is 2.65 bits per heavy atom. The number of pyridine rings is 1. The van der Waals surface area contributed by atoms with Crippen LogP contribution >= 0.6 is 0 Å². The normalized spacial score (nSPS) is 17.3. The van der Waals surface area contributed by atoms with Crippen molar-refractivity contribution in [2.24, 2.45) is 0 Å². The predicted molar refractivity (Wildman–Crippen MR) is 156 cm³/mol. The van der Waals surface area contributed by atoms with Crippen LogP contribution < -0.4 is 4.74 Å². The van der Waals surface area contributed by atoms with Gasteiger partial charge in [-0.1, -0.05) is 18.2 Å². The Morgan fingerprint density at radius 2 is 1.98 bits per heavy atom. The summed E-state index contributed by atoms with van der Waals surface area (Å²) in [5.74, 6) is -0.843. The van der Waals surface area contributed by atoms with E-state index in [2.05, 4.69) is 9.47 Å². The second-order valence-corrected chi connectivity index (χ2v) is 11.1. The highest BCUT2D eigenvalue weighted by atomic mass is 19.1. The van der Waals surface area contributed by atoms with E-state index < -0.39 is 11.8 Å². The van der Waals surface area contributed by atoms with Gasteiger partial charge in [-0.2, -0.15) is 5.26 Å². The summed E-state index contributed by atoms with van der Waals surface area (Å²) in [4.78, 5) is 31.0. The summed E-state index contributed by atoms with van der Waals surface area (Å²) in [5.41, 5.74) is 3.94. The number of aldehydes is 1. The summed E-state index contributed by atoms with van der Waals surface area (Å²) in [5, 5.41) is 19.3. The minimum atomic E-state index is -1.00. The first-order valence-electron chi connectivity index (χ1n) is 14.4. The molecule has 2 saturated heterocycles. The lowest BCUT2D eigenvalue weighted by Crippen LogP contribution is -2.35. The number of carbonyl (C=O) groups is 2. The number of halogens is 1. The fourth-order valence-electron chi connectivity index (χ4n) is 5.93. The topological polar surface area (TPSA) is 118 Å². The Labute approximate surface area is 248 Å². The fourth-order valence-corrected chi connectivity index (χ4v) is 5.93. The minimum absolute atomic E-state index is 0.0133. The number of nitrogens with zero attached hydrogens (tertiary/aromatic N) is 4. The lowest BCUT2D eigenvalue weighted by molar-refractivity contribution is -0.0591.